The molecule has 0 saturated heterocycles. The molecule has 0 unspecified atom stereocenters. The fraction of sp³-hybridized carbons (Fsp3) is 0.318. The highest BCUT2D eigenvalue weighted by Gasteiger charge is 2.26. The highest BCUT2D eigenvalue weighted by Crippen LogP contribution is 2.24. The first kappa shape index (κ1) is 26.3. The van der Waals surface area contributed by atoms with Crippen molar-refractivity contribution in [3.63, 3.8) is 0 Å². The lowest BCUT2D eigenvalue weighted by molar-refractivity contribution is -0.123. The number of sulfonamides is 1. The summed E-state index contributed by atoms with van der Waals surface area (Å²) in [5.41, 5.74) is 1.46. The first-order chi connectivity index (χ1) is 15.2. The summed E-state index contributed by atoms with van der Waals surface area (Å²) < 4.78 is 32.5. The third kappa shape index (κ3) is 7.55. The summed E-state index contributed by atoms with van der Waals surface area (Å²) >= 11 is 6.01. The monoisotopic (exact) mass is 495 g/mol. The molecule has 0 saturated carbocycles. The maximum Gasteiger partial charge on any atom is 0.338 e. The second kappa shape index (κ2) is 10.3. The molecular weight excluding hydrogens is 470 g/mol. The van der Waals surface area contributed by atoms with Crippen LogP contribution >= 0.6 is 11.6 Å². The van der Waals surface area contributed by atoms with E-state index < -0.39 is 40.1 Å². The van der Waals surface area contributed by atoms with Gasteiger partial charge in [-0.25, -0.2) is 22.7 Å². The number of imide groups is 1. The molecule has 0 heterocycles. The number of carbonyl (C=O) groups is 3. The maximum atomic E-state index is 12.6. The van der Waals surface area contributed by atoms with Crippen LogP contribution in [0.15, 0.2) is 41.3 Å². The Morgan fingerprint density at radius 1 is 1.06 bits per heavy atom. The minimum atomic E-state index is -4.01. The third-order valence-corrected chi connectivity index (χ3v) is 6.58. The summed E-state index contributed by atoms with van der Waals surface area (Å²) in [5, 5.41) is 4.53. The first-order valence-electron chi connectivity index (χ1n) is 9.87. The molecule has 9 nitrogen and oxygen atoms in total. The standard InChI is InChI=1S/C22H26ClN3O6S/c1-13-7-6-8-17(14(13)2)24-21(29)25-19(27)12-32-20(28)15-9-10-16(23)18(11-15)33(30,31)26-22(3,4)5/h6-11,26H,12H2,1-5H3,(H2,24,25,27,29). The summed E-state index contributed by atoms with van der Waals surface area (Å²) in [4.78, 5) is 36.1. The second-order valence-electron chi connectivity index (χ2n) is 8.33. The zero-order valence-corrected chi connectivity index (χ0v) is 20.5. The molecule has 2 aromatic carbocycles. The Bertz CT molecular complexity index is 1190. The number of amides is 3. The number of hydrogen-bond donors (Lipinski definition) is 3. The van der Waals surface area contributed by atoms with Gasteiger partial charge in [-0.05, 0) is 70.0 Å². The van der Waals surface area contributed by atoms with Crippen LogP contribution in [-0.2, 0) is 19.6 Å². The normalized spacial score (nSPS) is 11.6. The van der Waals surface area contributed by atoms with Gasteiger partial charge in [0.15, 0.2) is 6.61 Å². The molecule has 0 aromatic heterocycles. The summed E-state index contributed by atoms with van der Waals surface area (Å²) in [6.45, 7) is 7.94. The van der Waals surface area contributed by atoms with E-state index in [1.165, 1.54) is 12.1 Å². The van der Waals surface area contributed by atoms with Gasteiger partial charge in [0, 0.05) is 11.2 Å². The fourth-order valence-corrected chi connectivity index (χ4v) is 4.66. The number of hydrogen-bond acceptors (Lipinski definition) is 6. The molecule has 0 radical (unpaired) electrons. The molecule has 11 heteroatoms. The zero-order chi connectivity index (χ0) is 25.0. The van der Waals surface area contributed by atoms with Gasteiger partial charge in [-0.15, -0.1) is 0 Å². The maximum absolute atomic E-state index is 12.6. The molecule has 0 aliphatic carbocycles. The quantitative estimate of drug-likeness (QED) is 0.525. The Morgan fingerprint density at radius 3 is 2.36 bits per heavy atom. The lowest BCUT2D eigenvalue weighted by Gasteiger charge is -2.21. The number of aryl methyl sites for hydroxylation is 1. The van der Waals surface area contributed by atoms with Crippen molar-refractivity contribution in [3.8, 4) is 0 Å². The molecule has 0 bridgehead atoms. The number of ether oxygens (including phenoxy) is 1. The number of halogens is 1. The van der Waals surface area contributed by atoms with E-state index in [1.54, 1.807) is 32.9 Å². The van der Waals surface area contributed by atoms with Gasteiger partial charge >= 0.3 is 12.0 Å². The van der Waals surface area contributed by atoms with Crippen LogP contribution in [0.1, 0.15) is 42.3 Å². The van der Waals surface area contributed by atoms with Crippen molar-refractivity contribution in [3.05, 3.63) is 58.1 Å². The van der Waals surface area contributed by atoms with Crippen LogP contribution < -0.4 is 15.4 Å². The van der Waals surface area contributed by atoms with Gasteiger partial charge in [0.2, 0.25) is 10.0 Å². The molecule has 178 valence electrons. The highest BCUT2D eigenvalue weighted by molar-refractivity contribution is 7.89. The summed E-state index contributed by atoms with van der Waals surface area (Å²) in [6, 6.07) is 8.13. The minimum Gasteiger partial charge on any atom is -0.452 e. The lowest BCUT2D eigenvalue weighted by Crippen LogP contribution is -2.40. The number of urea groups is 1. The Hall–Kier alpha value is -2.95. The van der Waals surface area contributed by atoms with E-state index in [-0.39, 0.29) is 15.5 Å². The van der Waals surface area contributed by atoms with Crippen molar-refractivity contribution in [2.45, 2.75) is 45.1 Å². The third-order valence-electron chi connectivity index (χ3n) is 4.34. The average Bonchev–Trinajstić information content (AvgIpc) is 2.68. The van der Waals surface area contributed by atoms with Gasteiger partial charge < -0.3 is 10.1 Å². The number of anilines is 1. The van der Waals surface area contributed by atoms with Crippen molar-refractivity contribution < 1.29 is 27.5 Å². The van der Waals surface area contributed by atoms with Crippen molar-refractivity contribution in [1.82, 2.24) is 10.0 Å². The van der Waals surface area contributed by atoms with E-state index in [1.807, 2.05) is 19.9 Å². The van der Waals surface area contributed by atoms with Gasteiger partial charge in [0.05, 0.1) is 10.6 Å². The topological polar surface area (TPSA) is 131 Å². The molecular formula is C22H26ClN3O6S. The van der Waals surface area contributed by atoms with Crippen molar-refractivity contribution in [2.75, 3.05) is 11.9 Å². The molecule has 0 aliphatic heterocycles. The van der Waals surface area contributed by atoms with E-state index in [0.717, 1.165) is 17.2 Å². The van der Waals surface area contributed by atoms with Crippen molar-refractivity contribution in [1.29, 1.82) is 0 Å². The summed E-state index contributed by atoms with van der Waals surface area (Å²) in [5.74, 6) is -1.81. The smallest absolute Gasteiger partial charge is 0.338 e. The largest absolute Gasteiger partial charge is 0.452 e. The lowest BCUT2D eigenvalue weighted by atomic mass is 10.1. The predicted molar refractivity (Wildman–Crippen MR) is 125 cm³/mol. The van der Waals surface area contributed by atoms with Crippen molar-refractivity contribution in [2.24, 2.45) is 0 Å². The molecule has 3 N–H and O–H groups in total. The Balaban J connectivity index is 2.01. The SMILES string of the molecule is Cc1cccc(NC(=O)NC(=O)COC(=O)c2ccc(Cl)c(S(=O)(=O)NC(C)(C)C)c2)c1C. The highest BCUT2D eigenvalue weighted by atomic mass is 35.5. The van der Waals surface area contributed by atoms with E-state index in [0.29, 0.717) is 5.69 Å². The number of nitrogens with one attached hydrogen (secondary N) is 3. The second-order valence-corrected chi connectivity index (χ2v) is 10.4. The average molecular weight is 496 g/mol. The number of benzene rings is 2. The van der Waals surface area contributed by atoms with E-state index in [4.69, 9.17) is 16.3 Å². The summed E-state index contributed by atoms with van der Waals surface area (Å²) in [6.07, 6.45) is 0. The van der Waals surface area contributed by atoms with Crippen molar-refractivity contribution >= 4 is 45.2 Å². The molecule has 33 heavy (non-hydrogen) atoms. The molecule has 3 amide bonds. The van der Waals surface area contributed by atoms with Crippen LogP contribution in [-0.4, -0.2) is 38.5 Å². The minimum absolute atomic E-state index is 0.0795. The Morgan fingerprint density at radius 2 is 1.73 bits per heavy atom. The van der Waals surface area contributed by atoms with Crippen LogP contribution in [0.4, 0.5) is 10.5 Å². The van der Waals surface area contributed by atoms with Crippen LogP contribution in [0.2, 0.25) is 5.02 Å². The van der Waals surface area contributed by atoms with Crippen LogP contribution in [0, 0.1) is 13.8 Å². The predicted octanol–water partition coefficient (Wildman–Crippen LogP) is 3.54. The Kier molecular flexibility index (Phi) is 8.23. The van der Waals surface area contributed by atoms with E-state index >= 15 is 0 Å². The fourth-order valence-electron chi connectivity index (χ4n) is 2.71. The number of rotatable bonds is 6. The van der Waals surface area contributed by atoms with Crippen LogP contribution in [0.5, 0.6) is 0 Å². The van der Waals surface area contributed by atoms with Crippen LogP contribution in [0.25, 0.3) is 0 Å². The molecule has 2 aromatic rings. The van der Waals surface area contributed by atoms with E-state index in [9.17, 15) is 22.8 Å². The molecule has 0 fully saturated rings. The molecule has 0 aliphatic rings. The van der Waals surface area contributed by atoms with E-state index in [2.05, 4.69) is 15.4 Å². The number of carbonyl (C=O) groups excluding carboxylic acids is 3. The van der Waals surface area contributed by atoms with Gasteiger partial charge in [-0.1, -0.05) is 23.7 Å². The van der Waals surface area contributed by atoms with Gasteiger partial charge in [0.1, 0.15) is 4.90 Å². The van der Waals surface area contributed by atoms with Crippen LogP contribution in [0.3, 0.4) is 0 Å². The zero-order valence-electron chi connectivity index (χ0n) is 18.9. The molecule has 2 rings (SSSR count). The Labute approximate surface area is 197 Å². The molecule has 0 atom stereocenters. The number of esters is 1. The first-order valence-corrected chi connectivity index (χ1v) is 11.7. The molecule has 0 spiro atoms. The van der Waals surface area contributed by atoms with Gasteiger partial charge in [-0.2, -0.15) is 0 Å². The van der Waals surface area contributed by atoms with Gasteiger partial charge in [0.25, 0.3) is 5.91 Å². The van der Waals surface area contributed by atoms with Gasteiger partial charge in [-0.3, -0.25) is 10.1 Å². The summed E-state index contributed by atoms with van der Waals surface area (Å²) in [7, 11) is -4.01.